The van der Waals surface area contributed by atoms with E-state index in [0.717, 1.165) is 37.8 Å². The van der Waals surface area contributed by atoms with Crippen LogP contribution in [-0.2, 0) is 0 Å². The number of thioether (sulfide) groups is 1. The van der Waals surface area contributed by atoms with Crippen molar-refractivity contribution in [1.82, 2.24) is 5.32 Å². The monoisotopic (exact) mass is 528 g/mol. The van der Waals surface area contributed by atoms with Gasteiger partial charge >= 0.3 is 0 Å². The van der Waals surface area contributed by atoms with Gasteiger partial charge in [0.05, 0.1) is 17.2 Å². The molecule has 2 bridgehead atoms. The predicted molar refractivity (Wildman–Crippen MR) is 130 cm³/mol. The Morgan fingerprint density at radius 1 is 1.17 bits per heavy atom. The van der Waals surface area contributed by atoms with Crippen LogP contribution in [0.2, 0.25) is 5.02 Å². The van der Waals surface area contributed by atoms with Gasteiger partial charge in [-0.2, -0.15) is 0 Å². The third-order valence-electron chi connectivity index (χ3n) is 7.11. The molecule has 10 heteroatoms. The molecule has 0 saturated heterocycles. The third-order valence-corrected chi connectivity index (χ3v) is 8.86. The minimum atomic E-state index is -1.60. The molecule has 5 atom stereocenters. The Labute approximate surface area is 211 Å². The van der Waals surface area contributed by atoms with E-state index in [1.807, 2.05) is 6.92 Å². The molecule has 2 aromatic rings. The molecule has 1 amide bonds. The first-order chi connectivity index (χ1) is 16.6. The van der Waals surface area contributed by atoms with Crippen LogP contribution in [0.4, 0.5) is 18.9 Å². The van der Waals surface area contributed by atoms with Crippen LogP contribution in [0.5, 0.6) is 0 Å². The van der Waals surface area contributed by atoms with E-state index in [4.69, 9.17) is 11.6 Å². The summed E-state index contributed by atoms with van der Waals surface area (Å²) in [5.74, 6) is -4.71. The maximum atomic E-state index is 13.5. The van der Waals surface area contributed by atoms with Crippen LogP contribution in [0.15, 0.2) is 35.2 Å². The normalized spacial score (nSPS) is 26.5. The van der Waals surface area contributed by atoms with Crippen LogP contribution in [0.25, 0.3) is 0 Å². The molecule has 0 heterocycles. The van der Waals surface area contributed by atoms with E-state index in [0.29, 0.717) is 16.5 Å². The summed E-state index contributed by atoms with van der Waals surface area (Å²) in [6, 6.07) is 6.09. The fourth-order valence-electron chi connectivity index (χ4n) is 5.14. The molecule has 2 fully saturated rings. The van der Waals surface area contributed by atoms with Crippen LogP contribution in [-0.4, -0.2) is 46.2 Å². The fraction of sp³-hybridized carbons (Fsp3) is 0.480. The Hall–Kier alpha value is -1.78. The average Bonchev–Trinajstić information content (AvgIpc) is 2.98. The van der Waals surface area contributed by atoms with Crippen molar-refractivity contribution in [2.75, 3.05) is 18.5 Å². The molecule has 0 radical (unpaired) electrons. The van der Waals surface area contributed by atoms with E-state index >= 15 is 0 Å². The molecular weight excluding hydrogens is 501 g/mol. The molecule has 4 N–H and O–H groups in total. The molecule has 2 aromatic carbocycles. The molecule has 0 aromatic heterocycles. The number of benzene rings is 2. The largest absolute Gasteiger partial charge is 0.395 e. The highest BCUT2D eigenvalue weighted by Crippen LogP contribution is 2.53. The topological polar surface area (TPSA) is 81.6 Å². The number of anilines is 1. The Morgan fingerprint density at radius 3 is 2.40 bits per heavy atom. The van der Waals surface area contributed by atoms with Gasteiger partial charge in [-0.05, 0) is 62.6 Å². The van der Waals surface area contributed by atoms with Crippen molar-refractivity contribution in [1.29, 1.82) is 0 Å². The zero-order chi connectivity index (χ0) is 25.3. The van der Waals surface area contributed by atoms with Gasteiger partial charge in [-0.25, -0.2) is 13.2 Å². The maximum absolute atomic E-state index is 13.5. The number of hydrogen-bond acceptors (Lipinski definition) is 5. The molecule has 5 nitrogen and oxygen atoms in total. The SMILES string of the molecule is CC(CO)NC[C@@]1(O)C2CC[C@H]1C[C@H](Sc1cc(C(=O)Nc3cc(F)c(F)c(F)c3)ccc1Cl)C2. The first kappa shape index (κ1) is 26.3. The lowest BCUT2D eigenvalue weighted by molar-refractivity contribution is -0.0578. The lowest BCUT2D eigenvalue weighted by atomic mass is 9.74. The van der Waals surface area contributed by atoms with Gasteiger partial charge in [-0.3, -0.25) is 4.79 Å². The summed E-state index contributed by atoms with van der Waals surface area (Å²) in [7, 11) is 0. The number of rotatable bonds is 8. The van der Waals surface area contributed by atoms with E-state index in [-0.39, 0.29) is 41.0 Å². The van der Waals surface area contributed by atoms with Crippen LogP contribution >= 0.6 is 23.4 Å². The maximum Gasteiger partial charge on any atom is 0.255 e. The minimum absolute atomic E-state index is 0.0113. The number of hydrogen-bond donors (Lipinski definition) is 4. The third kappa shape index (κ3) is 5.64. The number of halogens is 4. The van der Waals surface area contributed by atoms with Gasteiger partial charge in [-0.1, -0.05) is 11.6 Å². The van der Waals surface area contributed by atoms with Crippen molar-refractivity contribution >= 4 is 35.0 Å². The number of amides is 1. The highest BCUT2D eigenvalue weighted by molar-refractivity contribution is 8.00. The molecule has 4 rings (SSSR count). The summed E-state index contributed by atoms with van der Waals surface area (Å²) in [4.78, 5) is 13.4. The summed E-state index contributed by atoms with van der Waals surface area (Å²) < 4.78 is 40.1. The summed E-state index contributed by atoms with van der Waals surface area (Å²) >= 11 is 7.97. The quantitative estimate of drug-likeness (QED) is 0.363. The molecule has 2 unspecified atom stereocenters. The summed E-state index contributed by atoms with van der Waals surface area (Å²) in [5, 5.41) is 26.9. The summed E-state index contributed by atoms with van der Waals surface area (Å²) in [6.45, 7) is 2.33. The number of fused-ring (bicyclic) bond motifs is 2. The standard InChI is InChI=1S/C25H28ClF3N2O3S/c1-13(11-32)30-12-25(34)15-3-4-16(25)8-18(7-15)35-22-6-14(2-5-19(22)26)24(33)31-17-9-20(27)23(29)21(28)10-17/h2,5-6,9-10,13,15-16,18,30,32,34H,3-4,7-8,11-12H2,1H3,(H,31,33)/t13?,15-,16?,18-,25-/m0/s1. The summed E-state index contributed by atoms with van der Waals surface area (Å²) in [6.07, 6.45) is 3.48. The van der Waals surface area contributed by atoms with Crippen LogP contribution in [0.3, 0.4) is 0 Å². The first-order valence-corrected chi connectivity index (χ1v) is 12.8. The second kappa shape index (κ2) is 10.7. The Bertz CT molecular complexity index is 1070. The number of carbonyl (C=O) groups excluding carboxylic acids is 1. The van der Waals surface area contributed by atoms with Gasteiger partial charge in [0.25, 0.3) is 5.91 Å². The molecule has 35 heavy (non-hydrogen) atoms. The average molecular weight is 529 g/mol. The molecule has 2 saturated carbocycles. The Morgan fingerprint density at radius 2 is 1.80 bits per heavy atom. The molecule has 2 aliphatic carbocycles. The van der Waals surface area contributed by atoms with Gasteiger partial charge in [0.15, 0.2) is 17.5 Å². The van der Waals surface area contributed by atoms with Crippen molar-refractivity contribution in [3.8, 4) is 0 Å². The van der Waals surface area contributed by atoms with Crippen LogP contribution < -0.4 is 10.6 Å². The Kier molecular flexibility index (Phi) is 8.02. The molecular formula is C25H28ClF3N2O3S. The van der Waals surface area contributed by atoms with Gasteiger partial charge in [0.1, 0.15) is 0 Å². The zero-order valence-corrected chi connectivity index (χ0v) is 20.7. The van der Waals surface area contributed by atoms with Crippen LogP contribution in [0, 0.1) is 29.3 Å². The zero-order valence-electron chi connectivity index (χ0n) is 19.2. The molecule has 0 spiro atoms. The lowest BCUT2D eigenvalue weighted by Crippen LogP contribution is -2.54. The van der Waals surface area contributed by atoms with E-state index in [2.05, 4.69) is 10.6 Å². The van der Waals surface area contributed by atoms with E-state index in [9.17, 15) is 28.2 Å². The molecule has 0 aliphatic heterocycles. The summed E-state index contributed by atoms with van der Waals surface area (Å²) in [5.41, 5.74) is -0.742. The van der Waals surface area contributed by atoms with Crippen molar-refractivity contribution in [2.45, 2.75) is 54.4 Å². The highest BCUT2D eigenvalue weighted by Gasteiger charge is 2.53. The van der Waals surface area contributed by atoms with Crippen molar-refractivity contribution in [3.63, 3.8) is 0 Å². The van der Waals surface area contributed by atoms with E-state index < -0.39 is 29.0 Å². The van der Waals surface area contributed by atoms with E-state index in [1.165, 1.54) is 6.07 Å². The van der Waals surface area contributed by atoms with Crippen molar-refractivity contribution in [3.05, 3.63) is 58.4 Å². The van der Waals surface area contributed by atoms with Crippen molar-refractivity contribution in [2.24, 2.45) is 11.8 Å². The number of aliphatic hydroxyl groups is 2. The minimum Gasteiger partial charge on any atom is -0.395 e. The van der Waals surface area contributed by atoms with Gasteiger partial charge < -0.3 is 20.8 Å². The van der Waals surface area contributed by atoms with E-state index in [1.54, 1.807) is 23.9 Å². The van der Waals surface area contributed by atoms with Crippen LogP contribution in [0.1, 0.15) is 43.0 Å². The lowest BCUT2D eigenvalue weighted by Gasteiger charge is -2.43. The van der Waals surface area contributed by atoms with Gasteiger partial charge in [0.2, 0.25) is 0 Å². The fourth-order valence-corrected chi connectivity index (χ4v) is 6.79. The number of aliphatic hydroxyl groups excluding tert-OH is 1. The second-order valence-electron chi connectivity index (χ2n) is 9.49. The number of nitrogens with one attached hydrogen (secondary N) is 2. The molecule has 190 valence electrons. The van der Waals surface area contributed by atoms with Gasteiger partial charge in [0, 0.05) is 46.1 Å². The van der Waals surface area contributed by atoms with Gasteiger partial charge in [-0.15, -0.1) is 11.8 Å². The predicted octanol–water partition coefficient (Wildman–Crippen LogP) is 4.99. The number of carbonyl (C=O) groups is 1. The smallest absolute Gasteiger partial charge is 0.255 e. The molecule has 2 aliphatic rings. The second-order valence-corrected chi connectivity index (χ2v) is 11.2. The Balaban J connectivity index is 1.43. The first-order valence-electron chi connectivity index (χ1n) is 11.6. The van der Waals surface area contributed by atoms with Crippen molar-refractivity contribution < 1.29 is 28.2 Å². The highest BCUT2D eigenvalue weighted by atomic mass is 35.5.